The monoisotopic (exact) mass is 378 g/mol. The molecule has 1 aromatic heterocycles. The quantitative estimate of drug-likeness (QED) is 0.457. The molecule has 0 unspecified atom stereocenters. The van der Waals surface area contributed by atoms with E-state index in [0.717, 1.165) is 11.8 Å². The van der Waals surface area contributed by atoms with Crippen LogP contribution in [0.2, 0.25) is 0 Å². The number of carbonyl (C=O) groups is 1. The average molecular weight is 378 g/mol. The number of halogens is 1. The van der Waals surface area contributed by atoms with Crippen molar-refractivity contribution in [1.29, 1.82) is 0 Å². The Labute approximate surface area is 153 Å². The van der Waals surface area contributed by atoms with Crippen molar-refractivity contribution in [2.45, 2.75) is 0 Å². The summed E-state index contributed by atoms with van der Waals surface area (Å²) in [5, 5.41) is 6.54. The highest BCUT2D eigenvalue weighted by Gasteiger charge is 2.05. The van der Waals surface area contributed by atoms with Crippen molar-refractivity contribution in [3.63, 3.8) is 0 Å². The minimum absolute atomic E-state index is 0.0973. The van der Waals surface area contributed by atoms with Crippen LogP contribution < -0.4 is 15.5 Å². The third-order valence-electron chi connectivity index (χ3n) is 2.84. The fourth-order valence-electron chi connectivity index (χ4n) is 1.67. The van der Waals surface area contributed by atoms with Crippen LogP contribution in [0.1, 0.15) is 5.69 Å². The van der Waals surface area contributed by atoms with Gasteiger partial charge in [-0.2, -0.15) is 5.10 Å². The highest BCUT2D eigenvalue weighted by molar-refractivity contribution is 8.23. The molecule has 0 spiro atoms. The SMILES string of the molecule is COc1ccc(NC(=O)CSC(=S)N/N=C/c2ncccc2F)cc1. The Morgan fingerprint density at radius 3 is 2.84 bits per heavy atom. The molecule has 9 heteroatoms. The van der Waals surface area contributed by atoms with E-state index in [1.807, 2.05) is 0 Å². The number of pyridine rings is 1. The molecule has 2 aromatic rings. The van der Waals surface area contributed by atoms with E-state index in [2.05, 4.69) is 20.8 Å². The first kappa shape index (κ1) is 18.8. The summed E-state index contributed by atoms with van der Waals surface area (Å²) in [5.41, 5.74) is 3.31. The van der Waals surface area contributed by atoms with Gasteiger partial charge in [0.25, 0.3) is 0 Å². The van der Waals surface area contributed by atoms with E-state index < -0.39 is 5.82 Å². The molecule has 1 aromatic carbocycles. The van der Waals surface area contributed by atoms with Crippen LogP contribution in [0, 0.1) is 5.82 Å². The Kier molecular flexibility index (Phi) is 7.30. The number of thiocarbonyl (C=S) groups is 1. The minimum atomic E-state index is -0.481. The average Bonchev–Trinajstić information content (AvgIpc) is 2.62. The van der Waals surface area contributed by atoms with Gasteiger partial charge >= 0.3 is 0 Å². The zero-order chi connectivity index (χ0) is 18.1. The van der Waals surface area contributed by atoms with E-state index in [1.165, 1.54) is 24.5 Å². The van der Waals surface area contributed by atoms with Crippen molar-refractivity contribution in [2.75, 3.05) is 18.2 Å². The molecule has 0 atom stereocenters. The van der Waals surface area contributed by atoms with Gasteiger partial charge in [0.15, 0.2) is 10.1 Å². The normalized spacial score (nSPS) is 10.5. The third-order valence-corrected chi connectivity index (χ3v) is 4.04. The van der Waals surface area contributed by atoms with Crippen LogP contribution in [-0.2, 0) is 4.79 Å². The van der Waals surface area contributed by atoms with Crippen molar-refractivity contribution in [3.05, 3.63) is 54.1 Å². The molecular weight excluding hydrogens is 363 g/mol. The molecule has 0 saturated carbocycles. The first-order valence-electron chi connectivity index (χ1n) is 7.08. The van der Waals surface area contributed by atoms with Gasteiger partial charge in [-0.25, -0.2) is 4.39 Å². The number of hydrazone groups is 1. The number of nitrogens with one attached hydrogen (secondary N) is 2. The number of nitrogens with zero attached hydrogens (tertiary/aromatic N) is 2. The Balaban J connectivity index is 1.73. The smallest absolute Gasteiger partial charge is 0.234 e. The lowest BCUT2D eigenvalue weighted by Gasteiger charge is -2.06. The maximum absolute atomic E-state index is 13.3. The molecule has 25 heavy (non-hydrogen) atoms. The minimum Gasteiger partial charge on any atom is -0.497 e. The number of hydrogen-bond acceptors (Lipinski definition) is 6. The van der Waals surface area contributed by atoms with E-state index in [9.17, 15) is 9.18 Å². The van der Waals surface area contributed by atoms with Crippen LogP contribution in [0.4, 0.5) is 10.1 Å². The lowest BCUT2D eigenvalue weighted by molar-refractivity contribution is -0.113. The van der Waals surface area contributed by atoms with E-state index in [4.69, 9.17) is 17.0 Å². The zero-order valence-corrected chi connectivity index (χ0v) is 14.9. The van der Waals surface area contributed by atoms with Crippen LogP contribution in [0.25, 0.3) is 0 Å². The molecule has 6 nitrogen and oxygen atoms in total. The van der Waals surface area contributed by atoms with Gasteiger partial charge < -0.3 is 10.1 Å². The highest BCUT2D eigenvalue weighted by atomic mass is 32.2. The summed E-state index contributed by atoms with van der Waals surface area (Å²) in [4.78, 5) is 15.7. The van der Waals surface area contributed by atoms with Crippen molar-refractivity contribution in [3.8, 4) is 5.75 Å². The largest absolute Gasteiger partial charge is 0.497 e. The number of aromatic nitrogens is 1. The summed E-state index contributed by atoms with van der Waals surface area (Å²) in [7, 11) is 1.57. The van der Waals surface area contributed by atoms with Crippen LogP contribution >= 0.6 is 24.0 Å². The van der Waals surface area contributed by atoms with Gasteiger partial charge in [-0.05, 0) is 36.4 Å². The lowest BCUT2D eigenvalue weighted by Crippen LogP contribution is -2.18. The van der Waals surface area contributed by atoms with Crippen molar-refractivity contribution in [2.24, 2.45) is 5.10 Å². The predicted molar refractivity (Wildman–Crippen MR) is 102 cm³/mol. The topological polar surface area (TPSA) is 75.6 Å². The van der Waals surface area contributed by atoms with Gasteiger partial charge in [-0.1, -0.05) is 24.0 Å². The van der Waals surface area contributed by atoms with Gasteiger partial charge in [0.2, 0.25) is 5.91 Å². The van der Waals surface area contributed by atoms with Crippen molar-refractivity contribution < 1.29 is 13.9 Å². The van der Waals surface area contributed by atoms with Crippen LogP contribution in [0.5, 0.6) is 5.75 Å². The molecule has 2 N–H and O–H groups in total. The first-order chi connectivity index (χ1) is 12.1. The van der Waals surface area contributed by atoms with Crippen LogP contribution in [-0.4, -0.2) is 34.3 Å². The second-order valence-corrected chi connectivity index (χ2v) is 6.25. The van der Waals surface area contributed by atoms with E-state index in [1.54, 1.807) is 31.4 Å². The summed E-state index contributed by atoms with van der Waals surface area (Å²) in [6.45, 7) is 0. The predicted octanol–water partition coefficient (Wildman–Crippen LogP) is 2.81. The zero-order valence-electron chi connectivity index (χ0n) is 13.2. The molecule has 0 saturated heterocycles. The number of carbonyl (C=O) groups excluding carboxylic acids is 1. The number of hydrogen-bond donors (Lipinski definition) is 2. The molecule has 0 aliphatic rings. The maximum Gasteiger partial charge on any atom is 0.234 e. The Morgan fingerprint density at radius 1 is 1.40 bits per heavy atom. The van der Waals surface area contributed by atoms with Crippen LogP contribution in [0.3, 0.4) is 0 Å². The van der Waals surface area contributed by atoms with Crippen LogP contribution in [0.15, 0.2) is 47.7 Å². The molecule has 130 valence electrons. The molecule has 0 radical (unpaired) electrons. The third kappa shape index (κ3) is 6.48. The molecule has 2 rings (SSSR count). The van der Waals surface area contributed by atoms with Crippen molar-refractivity contribution in [1.82, 2.24) is 10.4 Å². The van der Waals surface area contributed by atoms with Gasteiger partial charge in [-0.3, -0.25) is 15.2 Å². The summed E-state index contributed by atoms with van der Waals surface area (Å²) < 4.78 is 18.7. The van der Waals surface area contributed by atoms with Gasteiger partial charge in [-0.15, -0.1) is 0 Å². The first-order valence-corrected chi connectivity index (χ1v) is 8.48. The molecule has 0 aliphatic heterocycles. The second kappa shape index (κ2) is 9.70. The number of amides is 1. The fraction of sp³-hybridized carbons (Fsp3) is 0.125. The molecule has 1 amide bonds. The van der Waals surface area contributed by atoms with E-state index >= 15 is 0 Å². The number of rotatable bonds is 6. The summed E-state index contributed by atoms with van der Waals surface area (Å²) >= 11 is 6.15. The maximum atomic E-state index is 13.3. The number of thioether (sulfide) groups is 1. The summed E-state index contributed by atoms with van der Waals surface area (Å²) in [6, 6.07) is 9.75. The second-order valence-electron chi connectivity index (χ2n) is 4.59. The Hall–Kier alpha value is -2.52. The highest BCUT2D eigenvalue weighted by Crippen LogP contribution is 2.15. The molecule has 0 aliphatic carbocycles. The Morgan fingerprint density at radius 2 is 2.16 bits per heavy atom. The van der Waals surface area contributed by atoms with Crippen molar-refractivity contribution >= 4 is 46.1 Å². The Bertz CT molecular complexity index is 769. The summed E-state index contributed by atoms with van der Waals surface area (Å²) in [6.07, 6.45) is 2.68. The molecular formula is C16H15FN4O2S2. The van der Waals surface area contributed by atoms with Gasteiger partial charge in [0, 0.05) is 11.9 Å². The molecule has 0 fully saturated rings. The number of ether oxygens (including phenoxy) is 1. The fourth-order valence-corrected chi connectivity index (χ4v) is 2.35. The van der Waals surface area contributed by atoms with E-state index in [0.29, 0.717) is 11.4 Å². The molecule has 0 bridgehead atoms. The van der Waals surface area contributed by atoms with Gasteiger partial charge in [0.05, 0.1) is 19.1 Å². The summed E-state index contributed by atoms with van der Waals surface area (Å²) in [5.74, 6) is 0.134. The lowest BCUT2D eigenvalue weighted by atomic mass is 10.3. The molecule has 1 heterocycles. The standard InChI is InChI=1S/C16H15FN4O2S2/c1-23-12-6-4-11(5-7-12)20-15(22)10-25-16(24)21-19-9-14-13(17)3-2-8-18-14/h2-9H,10H2,1H3,(H,20,22)(H,21,24)/b19-9+. The number of methoxy groups -OCH3 is 1. The van der Waals surface area contributed by atoms with E-state index in [-0.39, 0.29) is 21.7 Å². The number of anilines is 1. The number of benzene rings is 1. The van der Waals surface area contributed by atoms with Gasteiger partial charge in [0.1, 0.15) is 11.4 Å².